The van der Waals surface area contributed by atoms with Gasteiger partial charge in [0.25, 0.3) is 17.7 Å². The molecule has 3 N–H and O–H groups in total. The van der Waals surface area contributed by atoms with Crippen LogP contribution in [0.2, 0.25) is 0 Å². The Kier molecular flexibility index (Phi) is 6.84. The minimum atomic E-state index is -0.901. The molecule has 0 radical (unpaired) electrons. The minimum Gasteiger partial charge on any atom is -0.378 e. The maximum atomic E-state index is 12.9. The number of anilines is 1. The van der Waals surface area contributed by atoms with Crippen molar-refractivity contribution in [1.29, 1.82) is 0 Å². The van der Waals surface area contributed by atoms with Crippen molar-refractivity contribution < 1.29 is 23.9 Å². The number of aryl methyl sites for hydroxylation is 1. The lowest BCUT2D eigenvalue weighted by Gasteiger charge is -2.34. The predicted octanol–water partition coefficient (Wildman–Crippen LogP) is 0.940. The molecule has 0 bridgehead atoms. The normalized spacial score (nSPS) is 25.3. The SMILES string of the molecule is CCC1CCC2(CC1)NC(=O)N(CC(=O)NNC(=O)c1sc(N3CCOCC3)nc1C)C2=O. The number of amides is 5. The minimum absolute atomic E-state index is 0.364. The second-order valence-corrected chi connectivity index (χ2v) is 9.75. The van der Waals surface area contributed by atoms with E-state index in [2.05, 4.69) is 33.0 Å². The molecule has 0 unspecified atom stereocenters. The van der Waals surface area contributed by atoms with E-state index in [-0.39, 0.29) is 5.91 Å². The van der Waals surface area contributed by atoms with E-state index in [9.17, 15) is 19.2 Å². The summed E-state index contributed by atoms with van der Waals surface area (Å²) in [6.07, 6.45) is 3.97. The first-order chi connectivity index (χ1) is 15.8. The van der Waals surface area contributed by atoms with E-state index in [0.717, 1.165) is 29.3 Å². The van der Waals surface area contributed by atoms with Crippen LogP contribution in [0, 0.1) is 12.8 Å². The van der Waals surface area contributed by atoms with Gasteiger partial charge in [-0.25, -0.2) is 9.78 Å². The third-order valence-corrected chi connectivity index (χ3v) is 7.89. The molecule has 12 heteroatoms. The fraction of sp³-hybridized carbons (Fsp3) is 0.667. The molecular formula is C21H30N6O5S. The van der Waals surface area contributed by atoms with Crippen LogP contribution in [0.5, 0.6) is 0 Å². The highest BCUT2D eigenvalue weighted by Crippen LogP contribution is 2.37. The highest BCUT2D eigenvalue weighted by atomic mass is 32.1. The molecule has 4 rings (SSSR count). The van der Waals surface area contributed by atoms with E-state index < -0.39 is 29.9 Å². The maximum Gasteiger partial charge on any atom is 0.325 e. The molecule has 2 aliphatic heterocycles. The molecular weight excluding hydrogens is 448 g/mol. The van der Waals surface area contributed by atoms with E-state index in [4.69, 9.17) is 4.74 Å². The number of hydrazine groups is 1. The van der Waals surface area contributed by atoms with Crippen LogP contribution < -0.4 is 21.1 Å². The van der Waals surface area contributed by atoms with Crippen molar-refractivity contribution in [3.05, 3.63) is 10.6 Å². The molecule has 1 aromatic heterocycles. The highest BCUT2D eigenvalue weighted by molar-refractivity contribution is 7.17. The van der Waals surface area contributed by atoms with Gasteiger partial charge >= 0.3 is 6.03 Å². The third-order valence-electron chi connectivity index (χ3n) is 6.67. The quantitative estimate of drug-likeness (QED) is 0.424. The Morgan fingerprint density at radius 3 is 2.58 bits per heavy atom. The Labute approximate surface area is 196 Å². The lowest BCUT2D eigenvalue weighted by atomic mass is 9.75. The number of urea groups is 1. The lowest BCUT2D eigenvalue weighted by molar-refractivity contribution is -0.136. The Balaban J connectivity index is 1.30. The van der Waals surface area contributed by atoms with Gasteiger partial charge in [0.05, 0.1) is 18.9 Å². The van der Waals surface area contributed by atoms with Crippen molar-refractivity contribution in [2.45, 2.75) is 51.5 Å². The van der Waals surface area contributed by atoms with Crippen molar-refractivity contribution in [2.75, 3.05) is 37.7 Å². The number of hydrogen-bond donors (Lipinski definition) is 3. The molecule has 180 valence electrons. The number of thiazole rings is 1. The highest BCUT2D eigenvalue weighted by Gasteiger charge is 2.52. The van der Waals surface area contributed by atoms with E-state index in [0.29, 0.717) is 55.6 Å². The zero-order valence-corrected chi connectivity index (χ0v) is 19.8. The zero-order valence-electron chi connectivity index (χ0n) is 18.9. The molecule has 0 atom stereocenters. The number of imide groups is 1. The van der Waals surface area contributed by atoms with Crippen molar-refractivity contribution in [3.8, 4) is 0 Å². The molecule has 3 aliphatic rings. The number of nitrogens with one attached hydrogen (secondary N) is 3. The van der Waals surface area contributed by atoms with Crippen LogP contribution in [0.4, 0.5) is 9.93 Å². The Bertz CT molecular complexity index is 936. The van der Waals surface area contributed by atoms with Crippen LogP contribution in [0.3, 0.4) is 0 Å². The summed E-state index contributed by atoms with van der Waals surface area (Å²) in [5.41, 5.74) is 4.33. The topological polar surface area (TPSA) is 133 Å². The summed E-state index contributed by atoms with van der Waals surface area (Å²) in [5, 5.41) is 3.53. The van der Waals surface area contributed by atoms with Gasteiger partial charge in [-0.3, -0.25) is 30.1 Å². The van der Waals surface area contributed by atoms with E-state index >= 15 is 0 Å². The van der Waals surface area contributed by atoms with Crippen LogP contribution in [-0.4, -0.2) is 72.0 Å². The lowest BCUT2D eigenvalue weighted by Crippen LogP contribution is -2.51. The average Bonchev–Trinajstić information content (AvgIpc) is 3.32. The van der Waals surface area contributed by atoms with Crippen molar-refractivity contribution in [3.63, 3.8) is 0 Å². The predicted molar refractivity (Wildman–Crippen MR) is 121 cm³/mol. The number of rotatable bonds is 5. The van der Waals surface area contributed by atoms with Gasteiger partial charge in [0.1, 0.15) is 17.0 Å². The van der Waals surface area contributed by atoms with Gasteiger partial charge < -0.3 is 15.0 Å². The van der Waals surface area contributed by atoms with Gasteiger partial charge in [-0.05, 0) is 38.5 Å². The summed E-state index contributed by atoms with van der Waals surface area (Å²) < 4.78 is 5.34. The molecule has 11 nitrogen and oxygen atoms in total. The van der Waals surface area contributed by atoms with Crippen LogP contribution in [-0.2, 0) is 14.3 Å². The average molecular weight is 479 g/mol. The van der Waals surface area contributed by atoms with Crippen LogP contribution >= 0.6 is 11.3 Å². The number of ether oxygens (including phenoxy) is 1. The Morgan fingerprint density at radius 2 is 1.91 bits per heavy atom. The number of aromatic nitrogens is 1. The summed E-state index contributed by atoms with van der Waals surface area (Å²) in [7, 11) is 0. The van der Waals surface area contributed by atoms with Gasteiger partial charge in [-0.2, -0.15) is 0 Å². The van der Waals surface area contributed by atoms with Crippen molar-refractivity contribution in [1.82, 2.24) is 26.1 Å². The second kappa shape index (κ2) is 9.64. The molecule has 1 saturated carbocycles. The first-order valence-electron chi connectivity index (χ1n) is 11.4. The molecule has 2 saturated heterocycles. The van der Waals surface area contributed by atoms with E-state index in [1.807, 2.05) is 0 Å². The van der Waals surface area contributed by atoms with Crippen molar-refractivity contribution >= 4 is 40.2 Å². The van der Waals surface area contributed by atoms with Gasteiger partial charge in [-0.1, -0.05) is 24.7 Å². The second-order valence-electron chi connectivity index (χ2n) is 8.77. The monoisotopic (exact) mass is 478 g/mol. The molecule has 1 aliphatic carbocycles. The Hall–Kier alpha value is -2.73. The first kappa shape index (κ1) is 23.4. The first-order valence-corrected chi connectivity index (χ1v) is 12.2. The summed E-state index contributed by atoms with van der Waals surface area (Å²) in [6, 6.07) is -0.565. The summed E-state index contributed by atoms with van der Waals surface area (Å²) in [6.45, 7) is 6.04. The fourth-order valence-electron chi connectivity index (χ4n) is 4.59. The van der Waals surface area contributed by atoms with E-state index in [1.165, 1.54) is 11.3 Å². The van der Waals surface area contributed by atoms with E-state index in [1.54, 1.807) is 6.92 Å². The number of carbonyl (C=O) groups is 4. The van der Waals surface area contributed by atoms with Gasteiger partial charge in [0.15, 0.2) is 5.13 Å². The number of nitrogens with zero attached hydrogens (tertiary/aromatic N) is 3. The standard InChI is InChI=1S/C21H30N6O5S/c1-3-14-4-6-21(7-5-14)18(30)27(19(31)23-21)12-15(28)24-25-17(29)16-13(2)22-20(33-16)26-8-10-32-11-9-26/h14H,3-12H2,1-2H3,(H,23,31)(H,24,28)(H,25,29). The molecule has 3 fully saturated rings. The Morgan fingerprint density at radius 1 is 1.21 bits per heavy atom. The molecule has 1 aromatic rings. The summed E-state index contributed by atoms with van der Waals surface area (Å²) in [4.78, 5) is 58.1. The zero-order chi connectivity index (χ0) is 23.6. The molecule has 33 heavy (non-hydrogen) atoms. The largest absolute Gasteiger partial charge is 0.378 e. The van der Waals surface area contributed by atoms with Gasteiger partial charge in [0.2, 0.25) is 0 Å². The summed E-state index contributed by atoms with van der Waals surface area (Å²) in [5.74, 6) is -0.949. The molecule has 5 amide bonds. The van der Waals surface area contributed by atoms with Crippen molar-refractivity contribution in [2.24, 2.45) is 5.92 Å². The summed E-state index contributed by atoms with van der Waals surface area (Å²) >= 11 is 1.24. The fourth-order valence-corrected chi connectivity index (χ4v) is 5.60. The molecule has 0 aromatic carbocycles. The third kappa shape index (κ3) is 4.81. The van der Waals surface area contributed by atoms with Crippen LogP contribution in [0.1, 0.15) is 54.4 Å². The number of carbonyl (C=O) groups excluding carboxylic acids is 4. The van der Waals surface area contributed by atoms with Crippen LogP contribution in [0.25, 0.3) is 0 Å². The smallest absolute Gasteiger partial charge is 0.325 e. The van der Waals surface area contributed by atoms with Gasteiger partial charge in [0, 0.05) is 13.1 Å². The number of morpholine rings is 1. The number of hydrogen-bond acceptors (Lipinski definition) is 8. The van der Waals surface area contributed by atoms with Gasteiger partial charge in [-0.15, -0.1) is 0 Å². The van der Waals surface area contributed by atoms with Crippen LogP contribution in [0.15, 0.2) is 0 Å². The molecule has 3 heterocycles. The molecule has 1 spiro atoms. The maximum absolute atomic E-state index is 12.9.